The molecule has 16 heavy (non-hydrogen) atoms. The van der Waals surface area contributed by atoms with Gasteiger partial charge in [-0.2, -0.15) is 0 Å². The van der Waals surface area contributed by atoms with Crippen LogP contribution in [-0.4, -0.2) is 128 Å². The van der Waals surface area contributed by atoms with Gasteiger partial charge in [0.15, 0.2) is 0 Å². The van der Waals surface area contributed by atoms with Gasteiger partial charge in [0, 0.05) is 10.4 Å². The van der Waals surface area contributed by atoms with Gasteiger partial charge in [0.1, 0.15) is 0 Å². The van der Waals surface area contributed by atoms with Gasteiger partial charge in [0.2, 0.25) is 0 Å². The van der Waals surface area contributed by atoms with E-state index in [1.54, 1.807) is 0 Å². The average molecular weight is 321 g/mol. The second-order valence-corrected chi connectivity index (χ2v) is 1.72. The molecule has 0 bridgehead atoms. The first-order chi connectivity index (χ1) is 5.46. The van der Waals surface area contributed by atoms with Crippen molar-refractivity contribution < 1.29 is 47.5 Å². The van der Waals surface area contributed by atoms with Gasteiger partial charge in [-0.15, -0.1) is 0 Å². The quantitative estimate of drug-likeness (QED) is 0.234. The van der Waals surface area contributed by atoms with Crippen molar-refractivity contribution in [2.24, 2.45) is 0 Å². The Labute approximate surface area is 166 Å². The molecular weight excluding hydrogens is 321 g/mol. The van der Waals surface area contributed by atoms with Crippen molar-refractivity contribution in [3.8, 4) is 0 Å². The Bertz CT molecular complexity index is 222. The molecule has 0 heterocycles. The molecule has 0 aromatic heterocycles. The van der Waals surface area contributed by atoms with E-state index in [-0.39, 0.29) is 98.5 Å². The van der Waals surface area contributed by atoms with Crippen LogP contribution in [0.15, 0.2) is 0 Å². The zero-order valence-electron chi connectivity index (χ0n) is 7.61. The van der Waals surface area contributed by atoms with Crippen molar-refractivity contribution in [2.45, 2.75) is 0 Å². The molecule has 0 atom stereocenters. The number of carbonyl (C=O) groups is 2. The predicted octanol–water partition coefficient (Wildman–Crippen LogP) is -7.37. The van der Waals surface area contributed by atoms with E-state index < -0.39 is 22.7 Å². The molecule has 80 valence electrons. The Morgan fingerprint density at radius 1 is 0.750 bits per heavy atom. The Morgan fingerprint density at radius 3 is 0.750 bits per heavy atom. The monoisotopic (exact) mass is 320 g/mol. The van der Waals surface area contributed by atoms with Crippen molar-refractivity contribution >= 4 is 121 Å². The maximum atomic E-state index is 8.52. The molecule has 0 unspecified atom stereocenters. The molecule has 0 N–H and O–H groups in total. The fourth-order valence-electron chi connectivity index (χ4n) is 0. The third kappa shape index (κ3) is 1180. The molecule has 0 saturated carbocycles. The molecule has 0 aromatic carbocycles. The van der Waals surface area contributed by atoms with Crippen LogP contribution >= 0.6 is 0 Å². The molecule has 0 rings (SSSR count). The Balaban J connectivity index is -0.0000000216. The molecule has 14 heteroatoms. The van der Waals surface area contributed by atoms with Gasteiger partial charge < -0.3 is 39.1 Å². The molecule has 0 aliphatic heterocycles. The molecule has 0 radical (unpaired) electrons. The van der Waals surface area contributed by atoms with E-state index in [1.807, 2.05) is 0 Å². The smallest absolute Gasteiger partial charge is 0.759 e. The topological polar surface area (TPSA) is 207 Å². The fourth-order valence-corrected chi connectivity index (χ4v) is 0. The third-order valence-electron chi connectivity index (χ3n) is 0. The van der Waals surface area contributed by atoms with Crippen LogP contribution in [-0.2, 0) is 10.4 Å². The largest absolute Gasteiger partial charge is 2.00 e. The normalized spacial score (nSPS) is 6.62. The maximum Gasteiger partial charge on any atom is 2.00 e. The minimum atomic E-state index is -5.17. The summed E-state index contributed by atoms with van der Waals surface area (Å²) in [5.74, 6) is 0. The van der Waals surface area contributed by atoms with Crippen LogP contribution in [0.2, 0.25) is 0 Å². The van der Waals surface area contributed by atoms with Crippen molar-refractivity contribution in [1.29, 1.82) is 0 Å². The first-order valence-corrected chi connectivity index (χ1v) is 3.22. The predicted molar refractivity (Wildman–Crippen MR) is 38.5 cm³/mol. The molecule has 0 fully saturated rings. The number of rotatable bonds is 0. The number of hydrogen-bond acceptors (Lipinski definition) is 10. The summed E-state index contributed by atoms with van der Waals surface area (Å²) in [6.07, 6.45) is -4.67. The maximum absolute atomic E-state index is 8.52. The van der Waals surface area contributed by atoms with Gasteiger partial charge in [0.25, 0.3) is 0 Å². The summed E-state index contributed by atoms with van der Waals surface area (Å²) in [5.41, 5.74) is 0. The standard InChI is InChI=1S/2CH2O3.2Ca.Mg.H2O4S/c2*2-1(3)4;;;;1-5(2,3)4/h2*(H2,2,3,4);;;;(H2,1,2,3,4)/q;;3*+2;/p-6. The second-order valence-electron chi connectivity index (χ2n) is 0.908. The second kappa shape index (κ2) is 21.9. The SMILES string of the molecule is O=C([O-])[O-].O=C([O-])[O-].O=S(=O)([O-])[O-].[Ca+2].[Ca+2].[Mg+2]. The Hall–Kier alpha value is 1.70. The zero-order valence-corrected chi connectivity index (χ0v) is 14.3. The minimum Gasteiger partial charge on any atom is -0.759 e. The number of carbonyl (C=O) groups excluding carboxylic acids is 2. The van der Waals surface area contributed by atoms with Gasteiger partial charge in [-0.05, 0) is 12.3 Å². The molecule has 0 saturated heterocycles. The van der Waals surface area contributed by atoms with Crippen molar-refractivity contribution in [3.05, 3.63) is 0 Å². The molecule has 0 aromatic rings. The van der Waals surface area contributed by atoms with Crippen LogP contribution in [0.1, 0.15) is 0 Å². The zero-order chi connectivity index (χ0) is 11.7. The Kier molecular flexibility index (Phi) is 49.4. The van der Waals surface area contributed by atoms with Crippen molar-refractivity contribution in [2.75, 3.05) is 0 Å². The third-order valence-corrected chi connectivity index (χ3v) is 0. The summed E-state index contributed by atoms with van der Waals surface area (Å²) in [7, 11) is -5.17. The first kappa shape index (κ1) is 36.1. The average Bonchev–Trinajstić information content (AvgIpc) is 1.50. The molecular formula is C2Ca2MgO10S. The van der Waals surface area contributed by atoms with Gasteiger partial charge in [-0.1, -0.05) is 0 Å². The van der Waals surface area contributed by atoms with E-state index >= 15 is 0 Å². The Morgan fingerprint density at radius 2 is 0.750 bits per heavy atom. The van der Waals surface area contributed by atoms with Crippen LogP contribution in [0.4, 0.5) is 9.59 Å². The van der Waals surface area contributed by atoms with Crippen LogP contribution in [0.5, 0.6) is 0 Å². The summed E-state index contributed by atoms with van der Waals surface area (Å²) < 4.78 is 34.1. The van der Waals surface area contributed by atoms with Gasteiger partial charge in [-0.3, -0.25) is 8.42 Å². The number of carboxylic acid groups (broad SMARTS) is 4. The van der Waals surface area contributed by atoms with Crippen LogP contribution in [0.3, 0.4) is 0 Å². The van der Waals surface area contributed by atoms with E-state index in [2.05, 4.69) is 0 Å². The van der Waals surface area contributed by atoms with Crippen LogP contribution in [0, 0.1) is 0 Å². The van der Waals surface area contributed by atoms with Gasteiger partial charge in [0.05, 0.1) is 0 Å². The molecule has 10 nitrogen and oxygen atoms in total. The molecule has 0 amide bonds. The number of hydrogen-bond donors (Lipinski definition) is 0. The van der Waals surface area contributed by atoms with E-state index in [0.717, 1.165) is 0 Å². The fraction of sp³-hybridized carbons (Fsp3) is 0. The van der Waals surface area contributed by atoms with Gasteiger partial charge >= 0.3 is 98.5 Å². The summed E-state index contributed by atoms with van der Waals surface area (Å²) >= 11 is 0. The van der Waals surface area contributed by atoms with E-state index in [0.29, 0.717) is 0 Å². The van der Waals surface area contributed by atoms with Crippen LogP contribution < -0.4 is 20.4 Å². The van der Waals surface area contributed by atoms with Gasteiger partial charge in [-0.25, -0.2) is 0 Å². The first-order valence-electron chi connectivity index (χ1n) is 1.89. The van der Waals surface area contributed by atoms with E-state index in [9.17, 15) is 0 Å². The van der Waals surface area contributed by atoms with E-state index in [1.165, 1.54) is 0 Å². The van der Waals surface area contributed by atoms with E-state index in [4.69, 9.17) is 47.5 Å². The minimum absolute atomic E-state index is 0. The summed E-state index contributed by atoms with van der Waals surface area (Å²) in [5, 5.41) is 33.3. The summed E-state index contributed by atoms with van der Waals surface area (Å²) in [4.78, 5) is 16.7. The molecule has 0 spiro atoms. The summed E-state index contributed by atoms with van der Waals surface area (Å²) in [6.45, 7) is 0. The molecule has 0 aliphatic carbocycles. The van der Waals surface area contributed by atoms with Crippen molar-refractivity contribution in [1.82, 2.24) is 0 Å². The molecule has 0 aliphatic rings. The summed E-state index contributed by atoms with van der Waals surface area (Å²) in [6, 6.07) is 0. The van der Waals surface area contributed by atoms with Crippen LogP contribution in [0.25, 0.3) is 0 Å². The van der Waals surface area contributed by atoms with Crippen molar-refractivity contribution in [3.63, 3.8) is 0 Å².